The van der Waals surface area contributed by atoms with Crippen LogP contribution in [0.3, 0.4) is 0 Å². The molecule has 1 fully saturated rings. The van der Waals surface area contributed by atoms with E-state index in [1.54, 1.807) is 6.07 Å². The Balaban J connectivity index is 1.47. The summed E-state index contributed by atoms with van der Waals surface area (Å²) in [5, 5.41) is 6.79. The third-order valence-electron chi connectivity index (χ3n) is 4.10. The molecule has 26 heavy (non-hydrogen) atoms. The number of amides is 1. The second-order valence-corrected chi connectivity index (χ2v) is 6.41. The summed E-state index contributed by atoms with van der Waals surface area (Å²) in [6.07, 6.45) is 1.39. The van der Waals surface area contributed by atoms with E-state index < -0.39 is 0 Å². The van der Waals surface area contributed by atoms with E-state index in [1.165, 1.54) is 6.33 Å². The molecule has 0 spiro atoms. The number of rotatable bonds is 7. The minimum Gasteiger partial charge on any atom is -0.379 e. The molecule has 3 rings (SSSR count). The van der Waals surface area contributed by atoms with Crippen LogP contribution in [0.1, 0.15) is 16.1 Å². The fourth-order valence-corrected chi connectivity index (χ4v) is 2.74. The Morgan fingerprint density at radius 1 is 1.19 bits per heavy atom. The van der Waals surface area contributed by atoms with Crippen molar-refractivity contribution < 1.29 is 9.53 Å². The molecular formula is C18H22ClN5O2. The minimum atomic E-state index is -0.199. The first-order valence-corrected chi connectivity index (χ1v) is 8.97. The summed E-state index contributed by atoms with van der Waals surface area (Å²) in [6, 6.07) is 9.21. The first-order chi connectivity index (χ1) is 12.7. The molecule has 1 saturated heterocycles. The third-order valence-corrected chi connectivity index (χ3v) is 4.36. The van der Waals surface area contributed by atoms with Gasteiger partial charge in [0.15, 0.2) is 0 Å². The van der Waals surface area contributed by atoms with Crippen LogP contribution in [0.5, 0.6) is 0 Å². The fourth-order valence-electron chi connectivity index (χ4n) is 2.62. The van der Waals surface area contributed by atoms with Gasteiger partial charge in [0.25, 0.3) is 5.91 Å². The highest BCUT2D eigenvalue weighted by Gasteiger charge is 2.12. The van der Waals surface area contributed by atoms with Crippen molar-refractivity contribution in [3.8, 4) is 0 Å². The molecule has 8 heteroatoms. The van der Waals surface area contributed by atoms with E-state index in [4.69, 9.17) is 16.3 Å². The van der Waals surface area contributed by atoms with Crippen LogP contribution in [0.25, 0.3) is 0 Å². The van der Waals surface area contributed by atoms with Gasteiger partial charge in [0.05, 0.1) is 13.2 Å². The second kappa shape index (κ2) is 9.47. The molecule has 0 unspecified atom stereocenters. The molecule has 0 radical (unpaired) electrons. The molecule has 0 bridgehead atoms. The van der Waals surface area contributed by atoms with Gasteiger partial charge in [0.1, 0.15) is 17.8 Å². The average Bonchev–Trinajstić information content (AvgIpc) is 2.68. The average molecular weight is 376 g/mol. The maximum atomic E-state index is 12.3. The SMILES string of the molecule is O=C(NCCN1CCOCC1)c1cc(NCc2ccc(Cl)cc2)ncn1. The normalized spacial score (nSPS) is 14.8. The van der Waals surface area contributed by atoms with Crippen molar-refractivity contribution in [2.75, 3.05) is 44.7 Å². The summed E-state index contributed by atoms with van der Waals surface area (Å²) in [5.41, 5.74) is 1.42. The number of anilines is 1. The summed E-state index contributed by atoms with van der Waals surface area (Å²) < 4.78 is 5.31. The van der Waals surface area contributed by atoms with Crippen molar-refractivity contribution in [3.63, 3.8) is 0 Å². The number of nitrogens with one attached hydrogen (secondary N) is 2. The Morgan fingerprint density at radius 3 is 2.73 bits per heavy atom. The zero-order valence-electron chi connectivity index (χ0n) is 14.4. The van der Waals surface area contributed by atoms with Crippen molar-refractivity contribution in [1.29, 1.82) is 0 Å². The van der Waals surface area contributed by atoms with Crippen LogP contribution < -0.4 is 10.6 Å². The molecule has 138 valence electrons. The molecule has 7 nitrogen and oxygen atoms in total. The van der Waals surface area contributed by atoms with Gasteiger partial charge in [-0.15, -0.1) is 0 Å². The van der Waals surface area contributed by atoms with Gasteiger partial charge in [0.2, 0.25) is 0 Å². The van der Waals surface area contributed by atoms with Gasteiger partial charge in [0, 0.05) is 43.8 Å². The van der Waals surface area contributed by atoms with Crippen molar-refractivity contribution >= 4 is 23.3 Å². The number of morpholine rings is 1. The third kappa shape index (κ3) is 5.66. The first-order valence-electron chi connectivity index (χ1n) is 8.59. The minimum absolute atomic E-state index is 0.199. The summed E-state index contributed by atoms with van der Waals surface area (Å²) in [5.74, 6) is 0.406. The van der Waals surface area contributed by atoms with Crippen LogP contribution in [0, 0.1) is 0 Å². The number of halogens is 1. The van der Waals surface area contributed by atoms with Gasteiger partial charge in [-0.05, 0) is 17.7 Å². The maximum Gasteiger partial charge on any atom is 0.270 e. The molecule has 1 aromatic carbocycles. The second-order valence-electron chi connectivity index (χ2n) is 5.98. The Bertz CT molecular complexity index is 720. The number of carbonyl (C=O) groups excluding carboxylic acids is 1. The van der Waals surface area contributed by atoms with E-state index in [2.05, 4.69) is 25.5 Å². The van der Waals surface area contributed by atoms with Crippen LogP contribution in [0.2, 0.25) is 5.02 Å². The lowest BCUT2D eigenvalue weighted by Gasteiger charge is -2.26. The van der Waals surface area contributed by atoms with Crippen LogP contribution >= 0.6 is 11.6 Å². The molecule has 1 aromatic heterocycles. The van der Waals surface area contributed by atoms with Crippen molar-refractivity contribution in [2.45, 2.75) is 6.54 Å². The monoisotopic (exact) mass is 375 g/mol. The van der Waals surface area contributed by atoms with Gasteiger partial charge >= 0.3 is 0 Å². The van der Waals surface area contributed by atoms with E-state index in [-0.39, 0.29) is 5.91 Å². The molecule has 0 aliphatic carbocycles. The highest BCUT2D eigenvalue weighted by molar-refractivity contribution is 6.30. The lowest BCUT2D eigenvalue weighted by atomic mass is 10.2. The Labute approximate surface area is 157 Å². The number of ether oxygens (including phenoxy) is 1. The zero-order chi connectivity index (χ0) is 18.2. The smallest absolute Gasteiger partial charge is 0.270 e. The summed E-state index contributed by atoms with van der Waals surface area (Å²) in [4.78, 5) is 22.7. The number of aromatic nitrogens is 2. The number of carbonyl (C=O) groups is 1. The highest BCUT2D eigenvalue weighted by Crippen LogP contribution is 2.11. The van der Waals surface area contributed by atoms with Crippen LogP contribution in [-0.4, -0.2) is 60.2 Å². The lowest BCUT2D eigenvalue weighted by Crippen LogP contribution is -2.41. The van der Waals surface area contributed by atoms with Crippen molar-refractivity contribution in [2.24, 2.45) is 0 Å². The first kappa shape index (κ1) is 18.6. The zero-order valence-corrected chi connectivity index (χ0v) is 15.2. The van der Waals surface area contributed by atoms with Gasteiger partial charge < -0.3 is 15.4 Å². The van der Waals surface area contributed by atoms with E-state index in [0.29, 0.717) is 29.6 Å². The molecular weight excluding hydrogens is 354 g/mol. The summed E-state index contributed by atoms with van der Waals surface area (Å²) in [7, 11) is 0. The lowest BCUT2D eigenvalue weighted by molar-refractivity contribution is 0.0383. The van der Waals surface area contributed by atoms with Gasteiger partial charge in [-0.1, -0.05) is 23.7 Å². The van der Waals surface area contributed by atoms with Gasteiger partial charge in [-0.2, -0.15) is 0 Å². The predicted molar refractivity (Wildman–Crippen MR) is 100 cm³/mol. The molecule has 2 aromatic rings. The topological polar surface area (TPSA) is 79.4 Å². The molecule has 1 amide bonds. The Hall–Kier alpha value is -2.22. The van der Waals surface area contributed by atoms with Crippen molar-refractivity contribution in [3.05, 3.63) is 52.9 Å². The number of hydrogen-bond donors (Lipinski definition) is 2. The summed E-state index contributed by atoms with van der Waals surface area (Å²) >= 11 is 5.88. The number of nitrogens with zero attached hydrogens (tertiary/aromatic N) is 3. The highest BCUT2D eigenvalue weighted by atomic mass is 35.5. The van der Waals surface area contributed by atoms with E-state index in [9.17, 15) is 4.79 Å². The molecule has 2 N–H and O–H groups in total. The predicted octanol–water partition coefficient (Wildman–Crippen LogP) is 1.80. The van der Waals surface area contributed by atoms with E-state index in [1.807, 2.05) is 24.3 Å². The Morgan fingerprint density at radius 2 is 1.96 bits per heavy atom. The molecule has 1 aliphatic rings. The molecule has 2 heterocycles. The standard InChI is InChI=1S/C18H22ClN5O2/c19-15-3-1-14(2-4-15)12-21-17-11-16(22-13-23-17)18(25)20-5-6-24-7-9-26-10-8-24/h1-4,11,13H,5-10,12H2,(H,20,25)(H,21,22,23). The van der Waals surface area contributed by atoms with Crippen molar-refractivity contribution in [1.82, 2.24) is 20.2 Å². The fraction of sp³-hybridized carbons (Fsp3) is 0.389. The van der Waals surface area contributed by atoms with Crippen LogP contribution in [0.4, 0.5) is 5.82 Å². The van der Waals surface area contributed by atoms with Crippen LogP contribution in [-0.2, 0) is 11.3 Å². The van der Waals surface area contributed by atoms with Gasteiger partial charge in [-0.25, -0.2) is 9.97 Å². The quantitative estimate of drug-likeness (QED) is 0.768. The number of benzene rings is 1. The summed E-state index contributed by atoms with van der Waals surface area (Å²) in [6.45, 7) is 5.29. The molecule has 0 saturated carbocycles. The van der Waals surface area contributed by atoms with E-state index >= 15 is 0 Å². The number of hydrogen-bond acceptors (Lipinski definition) is 6. The maximum absolute atomic E-state index is 12.3. The van der Waals surface area contributed by atoms with Crippen LogP contribution in [0.15, 0.2) is 36.7 Å². The largest absolute Gasteiger partial charge is 0.379 e. The Kier molecular flexibility index (Phi) is 6.76. The molecule has 1 aliphatic heterocycles. The van der Waals surface area contributed by atoms with E-state index in [0.717, 1.165) is 38.4 Å². The van der Waals surface area contributed by atoms with Gasteiger partial charge in [-0.3, -0.25) is 9.69 Å². The molecule has 0 atom stereocenters.